The fourth-order valence-electron chi connectivity index (χ4n) is 6.32. The van der Waals surface area contributed by atoms with Gasteiger partial charge in [0, 0.05) is 39.5 Å². The Labute approximate surface area is 259 Å². The molecule has 4 heteroatoms. The summed E-state index contributed by atoms with van der Waals surface area (Å²) in [4.78, 5) is 7.09. The minimum Gasteiger partial charge on any atom is -0.456 e. The molecule has 0 spiro atoms. The number of benzene rings is 7. The molecule has 2 aromatic heterocycles. The van der Waals surface area contributed by atoms with Crippen molar-refractivity contribution in [3.05, 3.63) is 158 Å². The van der Waals surface area contributed by atoms with Crippen LogP contribution in [-0.2, 0) is 0 Å². The Balaban J connectivity index is 1.16. The molecule has 0 amide bonds. The minimum atomic E-state index is 0.602. The molecule has 45 heavy (non-hydrogen) atoms. The van der Waals surface area contributed by atoms with Gasteiger partial charge in [-0.3, -0.25) is 0 Å². The van der Waals surface area contributed by atoms with E-state index in [-0.39, 0.29) is 0 Å². The van der Waals surface area contributed by atoms with E-state index in [2.05, 4.69) is 120 Å². The van der Waals surface area contributed by atoms with Crippen LogP contribution in [0.2, 0.25) is 0 Å². The van der Waals surface area contributed by atoms with E-state index in [1.807, 2.05) is 42.5 Å². The molecule has 4 nitrogen and oxygen atoms in total. The lowest BCUT2D eigenvalue weighted by atomic mass is 9.98. The average Bonchev–Trinajstić information content (AvgIpc) is 3.69. The first-order valence-electron chi connectivity index (χ1n) is 15.0. The molecule has 0 N–H and O–H groups in total. The number of hydrogen-bond donors (Lipinski definition) is 0. The highest BCUT2D eigenvalue weighted by Crippen LogP contribution is 2.40. The van der Waals surface area contributed by atoms with E-state index in [1.54, 1.807) is 0 Å². The summed E-state index contributed by atoms with van der Waals surface area (Å²) in [6, 6.07) is 54.7. The zero-order valence-electron chi connectivity index (χ0n) is 24.2. The van der Waals surface area contributed by atoms with Crippen molar-refractivity contribution >= 4 is 60.9 Å². The second-order valence-electron chi connectivity index (χ2n) is 11.2. The van der Waals surface area contributed by atoms with E-state index in [1.165, 1.54) is 21.9 Å². The second kappa shape index (κ2) is 10.2. The predicted octanol–water partition coefficient (Wildman–Crippen LogP) is 11.7. The Bertz CT molecular complexity index is 2470. The zero-order valence-corrected chi connectivity index (χ0v) is 24.2. The highest BCUT2D eigenvalue weighted by Gasteiger charge is 2.18. The number of furan rings is 1. The number of para-hydroxylation sites is 1. The molecule has 0 bridgehead atoms. The Morgan fingerprint density at radius 3 is 1.96 bits per heavy atom. The van der Waals surface area contributed by atoms with Crippen LogP contribution in [0.25, 0.3) is 66.4 Å². The molecule has 9 aromatic rings. The molecule has 212 valence electrons. The molecular weight excluding hydrogens is 552 g/mol. The van der Waals surface area contributed by atoms with E-state index in [0.29, 0.717) is 11.5 Å². The number of rotatable bonds is 5. The second-order valence-corrected chi connectivity index (χ2v) is 11.2. The lowest BCUT2D eigenvalue weighted by Gasteiger charge is -2.25. The van der Waals surface area contributed by atoms with Gasteiger partial charge < -0.3 is 13.7 Å². The van der Waals surface area contributed by atoms with E-state index >= 15 is 0 Å². The van der Waals surface area contributed by atoms with Crippen molar-refractivity contribution in [2.75, 3.05) is 4.90 Å². The van der Waals surface area contributed by atoms with Gasteiger partial charge in [-0.05, 0) is 82.6 Å². The van der Waals surface area contributed by atoms with Crippen molar-refractivity contribution < 1.29 is 8.83 Å². The van der Waals surface area contributed by atoms with Crippen LogP contribution in [0.4, 0.5) is 17.1 Å². The molecule has 2 heterocycles. The van der Waals surface area contributed by atoms with Crippen LogP contribution in [0.3, 0.4) is 0 Å². The average molecular weight is 579 g/mol. The summed E-state index contributed by atoms with van der Waals surface area (Å²) >= 11 is 0. The topological polar surface area (TPSA) is 42.4 Å². The van der Waals surface area contributed by atoms with Crippen molar-refractivity contribution in [1.29, 1.82) is 0 Å². The first kappa shape index (κ1) is 25.4. The third-order valence-electron chi connectivity index (χ3n) is 8.48. The van der Waals surface area contributed by atoms with E-state index in [4.69, 9.17) is 13.8 Å². The number of hydrogen-bond acceptors (Lipinski definition) is 4. The Kier molecular flexibility index (Phi) is 5.78. The van der Waals surface area contributed by atoms with Gasteiger partial charge in [-0.1, -0.05) is 91.0 Å². The zero-order chi connectivity index (χ0) is 29.7. The lowest BCUT2D eigenvalue weighted by molar-refractivity contribution is 0.617. The van der Waals surface area contributed by atoms with Crippen LogP contribution in [0.1, 0.15) is 0 Å². The van der Waals surface area contributed by atoms with Gasteiger partial charge in [0.05, 0.1) is 0 Å². The van der Waals surface area contributed by atoms with Crippen LogP contribution in [-0.4, -0.2) is 4.98 Å². The van der Waals surface area contributed by atoms with Crippen molar-refractivity contribution in [1.82, 2.24) is 4.98 Å². The standard InChI is InChI=1S/C41H26N2O2/c1-3-11-29(12-4-1)41-42-37-25-36-35-24-32(22-23-38(35)44-39(36)26-40(37)45-41)43(30-14-5-2-6-15-30)31-20-18-28(19-21-31)34-17-9-13-27-10-7-8-16-33(27)34/h1-26H. The lowest BCUT2D eigenvalue weighted by Crippen LogP contribution is -2.09. The van der Waals surface area contributed by atoms with Crippen LogP contribution < -0.4 is 4.90 Å². The molecule has 9 rings (SSSR count). The highest BCUT2D eigenvalue weighted by molar-refractivity contribution is 6.10. The number of anilines is 3. The van der Waals surface area contributed by atoms with Crippen molar-refractivity contribution in [2.24, 2.45) is 0 Å². The van der Waals surface area contributed by atoms with Gasteiger partial charge in [0.25, 0.3) is 0 Å². The molecule has 0 atom stereocenters. The Hall–Kier alpha value is -6.13. The van der Waals surface area contributed by atoms with Crippen LogP contribution >= 0.6 is 0 Å². The van der Waals surface area contributed by atoms with Crippen molar-refractivity contribution in [3.8, 4) is 22.6 Å². The van der Waals surface area contributed by atoms with Gasteiger partial charge in [0.15, 0.2) is 5.58 Å². The molecule has 0 saturated heterocycles. The number of fused-ring (bicyclic) bond motifs is 5. The number of aromatic nitrogens is 1. The normalized spacial score (nSPS) is 11.6. The minimum absolute atomic E-state index is 0.602. The summed E-state index contributed by atoms with van der Waals surface area (Å²) in [5.41, 5.74) is 9.66. The summed E-state index contributed by atoms with van der Waals surface area (Å²) in [6.07, 6.45) is 0. The fraction of sp³-hybridized carbons (Fsp3) is 0. The van der Waals surface area contributed by atoms with E-state index < -0.39 is 0 Å². The maximum absolute atomic E-state index is 6.32. The Morgan fingerprint density at radius 2 is 1.11 bits per heavy atom. The summed E-state index contributed by atoms with van der Waals surface area (Å²) < 4.78 is 12.4. The quantitative estimate of drug-likeness (QED) is 0.204. The number of oxazole rings is 1. The number of nitrogens with zero attached hydrogens (tertiary/aromatic N) is 2. The van der Waals surface area contributed by atoms with Gasteiger partial charge in [-0.2, -0.15) is 0 Å². The summed E-state index contributed by atoms with van der Waals surface area (Å²) in [5, 5.41) is 4.53. The molecule has 0 unspecified atom stereocenters. The molecule has 0 aliphatic rings. The van der Waals surface area contributed by atoms with E-state index in [0.717, 1.165) is 50.1 Å². The van der Waals surface area contributed by atoms with Gasteiger partial charge in [0.1, 0.15) is 16.7 Å². The summed E-state index contributed by atoms with van der Waals surface area (Å²) in [6.45, 7) is 0. The largest absolute Gasteiger partial charge is 0.456 e. The molecule has 0 aliphatic carbocycles. The maximum Gasteiger partial charge on any atom is 0.227 e. The van der Waals surface area contributed by atoms with Crippen molar-refractivity contribution in [3.63, 3.8) is 0 Å². The summed E-state index contributed by atoms with van der Waals surface area (Å²) in [7, 11) is 0. The first-order chi connectivity index (χ1) is 22.3. The van der Waals surface area contributed by atoms with Crippen LogP contribution in [0, 0.1) is 0 Å². The highest BCUT2D eigenvalue weighted by atomic mass is 16.4. The van der Waals surface area contributed by atoms with Gasteiger partial charge in [0.2, 0.25) is 5.89 Å². The predicted molar refractivity (Wildman–Crippen MR) is 184 cm³/mol. The molecular formula is C41H26N2O2. The smallest absolute Gasteiger partial charge is 0.227 e. The third kappa shape index (κ3) is 4.35. The monoisotopic (exact) mass is 578 g/mol. The van der Waals surface area contributed by atoms with E-state index in [9.17, 15) is 0 Å². The Morgan fingerprint density at radius 1 is 0.422 bits per heavy atom. The van der Waals surface area contributed by atoms with Crippen LogP contribution in [0.5, 0.6) is 0 Å². The van der Waals surface area contributed by atoms with Crippen molar-refractivity contribution in [2.45, 2.75) is 0 Å². The summed E-state index contributed by atoms with van der Waals surface area (Å²) in [5.74, 6) is 0.602. The van der Waals surface area contributed by atoms with Gasteiger partial charge >= 0.3 is 0 Å². The van der Waals surface area contributed by atoms with Gasteiger partial charge in [-0.15, -0.1) is 0 Å². The fourth-order valence-corrected chi connectivity index (χ4v) is 6.32. The first-order valence-corrected chi connectivity index (χ1v) is 15.0. The molecule has 7 aromatic carbocycles. The SMILES string of the molecule is c1ccc(-c2nc3cc4c(cc3o2)oc2ccc(N(c3ccccc3)c3ccc(-c5cccc6ccccc56)cc3)cc24)cc1. The maximum atomic E-state index is 6.32. The third-order valence-corrected chi connectivity index (χ3v) is 8.48. The molecule has 0 radical (unpaired) electrons. The van der Waals surface area contributed by atoms with Crippen LogP contribution in [0.15, 0.2) is 167 Å². The molecule has 0 fully saturated rings. The molecule has 0 aliphatic heterocycles. The molecule has 0 saturated carbocycles. The van der Waals surface area contributed by atoms with Gasteiger partial charge in [-0.25, -0.2) is 4.98 Å².